The van der Waals surface area contributed by atoms with E-state index in [4.69, 9.17) is 19.6 Å². The van der Waals surface area contributed by atoms with Gasteiger partial charge in [0.1, 0.15) is 0 Å². The van der Waals surface area contributed by atoms with Gasteiger partial charge in [-0.2, -0.15) is 0 Å². The minimum Gasteiger partial charge on any atom is -0.278 e. The number of imidazole rings is 4. The van der Waals surface area contributed by atoms with E-state index in [-0.39, 0.29) is 11.1 Å². The van der Waals surface area contributed by atoms with Crippen molar-refractivity contribution in [2.75, 3.05) is 0 Å². The van der Waals surface area contributed by atoms with Crippen molar-refractivity contribution in [1.82, 2.24) is 27.9 Å². The normalized spacial score (nSPS) is 15.7. The van der Waals surface area contributed by atoms with Crippen LogP contribution in [0.4, 0.5) is 0 Å². The number of aryl methyl sites for hydroxylation is 1. The molecule has 0 fully saturated rings. The molecule has 0 atom stereocenters. The predicted molar refractivity (Wildman–Crippen MR) is 171 cm³/mol. The van der Waals surface area contributed by atoms with Crippen LogP contribution in [-0.2, 0) is 0 Å². The fourth-order valence-electron chi connectivity index (χ4n) is 6.47. The first-order chi connectivity index (χ1) is 23.4. The highest BCUT2D eigenvalue weighted by Gasteiger charge is 2.21. The number of para-hydroxylation sites is 6. The minimum absolute atomic E-state index is 0.160. The first-order valence-corrected chi connectivity index (χ1v) is 13.8. The highest BCUT2D eigenvalue weighted by Crippen LogP contribution is 2.34. The lowest BCUT2D eigenvalue weighted by atomic mass is 10.0. The van der Waals surface area contributed by atoms with Crippen molar-refractivity contribution < 1.29 is 9.60 Å². The Balaban J connectivity index is 1.34. The monoisotopic (exact) mass is 551 g/mol. The summed E-state index contributed by atoms with van der Waals surface area (Å²) in [6, 6.07) is 35.0. The van der Waals surface area contributed by atoms with Crippen molar-refractivity contribution in [3.63, 3.8) is 0 Å². The Bertz CT molecular complexity index is 2780. The third kappa shape index (κ3) is 2.98. The second-order valence-electron chi connectivity index (χ2n) is 10.7. The molecule has 4 aromatic heterocycles. The molecule has 5 aromatic carbocycles. The van der Waals surface area contributed by atoms with Gasteiger partial charge in [-0.05, 0) is 78.5 Å². The average Bonchev–Trinajstić information content (AvgIpc) is 3.80. The van der Waals surface area contributed by atoms with E-state index in [0.717, 1.165) is 55.8 Å². The molecular formula is C36H28N6. The number of fused-ring (bicyclic) bond motifs is 10. The molecule has 0 N–H and O–H groups in total. The summed E-state index contributed by atoms with van der Waals surface area (Å²) < 4.78 is 66.1. The molecule has 6 nitrogen and oxygen atoms in total. The summed E-state index contributed by atoms with van der Waals surface area (Å²) in [7, 11) is 0. The zero-order chi connectivity index (χ0) is 34.0. The Morgan fingerprint density at radius 2 is 1.07 bits per heavy atom. The maximum absolute atomic E-state index is 8.96. The maximum Gasteiger partial charge on any atom is 0.220 e. The standard InChI is InChI=1S/C36H28N6/c1-22(2)26-14-10-20-32-34(26)38-36-40(28-16-5-7-18-30(28)42(32)36)25-13-9-12-24(21-25)39-27-15-4-6-17-29(27)41-31-19-8-11-23(3)33(31)37-35(39)41/h4-22H,1-3H3/i1D3,2D3,22D. The van der Waals surface area contributed by atoms with Crippen molar-refractivity contribution in [1.29, 1.82) is 0 Å². The van der Waals surface area contributed by atoms with Gasteiger partial charge in [0.2, 0.25) is 11.6 Å². The lowest BCUT2D eigenvalue weighted by Gasteiger charge is -2.10. The molecule has 0 spiro atoms. The number of aromatic nitrogens is 6. The molecule has 4 heterocycles. The predicted octanol–water partition coefficient (Wildman–Crippen LogP) is 8.61. The molecule has 9 rings (SSSR count). The average molecular weight is 552 g/mol. The first kappa shape index (κ1) is 17.5. The third-order valence-electron chi connectivity index (χ3n) is 8.28. The molecular weight excluding hydrogens is 516 g/mol. The van der Waals surface area contributed by atoms with Gasteiger partial charge in [-0.25, -0.2) is 9.97 Å². The van der Waals surface area contributed by atoms with Gasteiger partial charge in [-0.3, -0.25) is 17.9 Å². The smallest absolute Gasteiger partial charge is 0.220 e. The minimum atomic E-state index is -3.15. The Labute approximate surface area is 251 Å². The maximum atomic E-state index is 8.96. The molecule has 0 aliphatic rings. The van der Waals surface area contributed by atoms with Gasteiger partial charge in [0, 0.05) is 9.60 Å². The molecule has 0 radical (unpaired) electrons. The van der Waals surface area contributed by atoms with Gasteiger partial charge in [-0.15, -0.1) is 0 Å². The van der Waals surface area contributed by atoms with E-state index in [1.807, 2.05) is 69.6 Å². The van der Waals surface area contributed by atoms with Crippen LogP contribution >= 0.6 is 0 Å². The number of nitrogens with zero attached hydrogens (tertiary/aromatic N) is 6. The first-order valence-electron chi connectivity index (χ1n) is 17.3. The molecule has 0 aliphatic carbocycles. The van der Waals surface area contributed by atoms with E-state index < -0.39 is 19.6 Å². The van der Waals surface area contributed by atoms with Gasteiger partial charge in [0.25, 0.3) is 0 Å². The van der Waals surface area contributed by atoms with Crippen molar-refractivity contribution >= 4 is 55.7 Å². The highest BCUT2D eigenvalue weighted by molar-refractivity contribution is 5.95. The summed E-state index contributed by atoms with van der Waals surface area (Å²) in [4.78, 5) is 10.0. The largest absolute Gasteiger partial charge is 0.278 e. The summed E-state index contributed by atoms with van der Waals surface area (Å²) >= 11 is 0. The van der Waals surface area contributed by atoms with Crippen molar-refractivity contribution in [2.24, 2.45) is 0 Å². The fraction of sp³-hybridized carbons (Fsp3) is 0.111. The van der Waals surface area contributed by atoms with Gasteiger partial charge in [0.05, 0.1) is 55.5 Å². The Hall–Kier alpha value is -5.36. The van der Waals surface area contributed by atoms with E-state index in [1.54, 1.807) is 12.1 Å². The highest BCUT2D eigenvalue weighted by atomic mass is 15.2. The second kappa shape index (κ2) is 8.33. The summed E-state index contributed by atoms with van der Waals surface area (Å²) in [5.74, 6) is -1.65. The quantitative estimate of drug-likeness (QED) is 0.221. The number of hydrogen-bond donors (Lipinski definition) is 0. The molecule has 42 heavy (non-hydrogen) atoms. The van der Waals surface area contributed by atoms with Gasteiger partial charge in [-0.1, -0.05) is 68.3 Å². The topological polar surface area (TPSA) is 44.5 Å². The summed E-state index contributed by atoms with van der Waals surface area (Å²) in [6.07, 6.45) is 0. The molecule has 0 unspecified atom stereocenters. The molecule has 0 bridgehead atoms. The van der Waals surface area contributed by atoms with Crippen LogP contribution in [0.2, 0.25) is 0 Å². The molecule has 9 aromatic rings. The van der Waals surface area contributed by atoms with Gasteiger partial charge in [0.15, 0.2) is 0 Å². The zero-order valence-corrected chi connectivity index (χ0v) is 22.6. The van der Waals surface area contributed by atoms with Crippen molar-refractivity contribution in [2.45, 2.75) is 26.5 Å². The van der Waals surface area contributed by atoms with Gasteiger partial charge >= 0.3 is 0 Å². The lowest BCUT2D eigenvalue weighted by Crippen LogP contribution is -2.00. The van der Waals surface area contributed by atoms with Crippen LogP contribution in [0, 0.1) is 6.92 Å². The lowest BCUT2D eigenvalue weighted by molar-refractivity contribution is 0.873. The molecule has 0 amide bonds. The number of rotatable bonds is 3. The SMILES string of the molecule is [2H]C([2H])([2H])C([2H])(c1cccc2c1nc1n(-c3cccc(-n4c5ccccc5n5c6cccc(C)c6nc45)c3)c3ccccc3n21)C([2H])([2H])[2H]. The summed E-state index contributed by atoms with van der Waals surface area (Å²) in [6.45, 7) is -4.23. The Morgan fingerprint density at radius 1 is 0.571 bits per heavy atom. The van der Waals surface area contributed by atoms with E-state index in [2.05, 4.69) is 46.2 Å². The van der Waals surface area contributed by atoms with Crippen molar-refractivity contribution in [3.05, 3.63) is 120 Å². The number of benzene rings is 5. The Kier molecular flexibility index (Phi) is 3.46. The van der Waals surface area contributed by atoms with Crippen LogP contribution in [0.3, 0.4) is 0 Å². The third-order valence-corrected chi connectivity index (χ3v) is 8.28. The van der Waals surface area contributed by atoms with E-state index in [9.17, 15) is 0 Å². The van der Waals surface area contributed by atoms with Crippen LogP contribution in [0.25, 0.3) is 67.1 Å². The van der Waals surface area contributed by atoms with Gasteiger partial charge < -0.3 is 0 Å². The Morgan fingerprint density at radius 3 is 1.69 bits per heavy atom. The van der Waals surface area contributed by atoms with E-state index in [1.165, 1.54) is 6.07 Å². The van der Waals surface area contributed by atoms with Crippen LogP contribution in [0.15, 0.2) is 109 Å². The zero-order valence-electron chi connectivity index (χ0n) is 29.6. The summed E-state index contributed by atoms with van der Waals surface area (Å²) in [5.41, 5.74) is 8.88. The van der Waals surface area contributed by atoms with E-state index >= 15 is 0 Å². The molecule has 0 saturated heterocycles. The second-order valence-corrected chi connectivity index (χ2v) is 10.7. The van der Waals surface area contributed by atoms with Crippen LogP contribution in [0.1, 0.15) is 40.3 Å². The van der Waals surface area contributed by atoms with E-state index in [0.29, 0.717) is 11.3 Å². The molecule has 202 valence electrons. The van der Waals surface area contributed by atoms with Crippen molar-refractivity contribution in [3.8, 4) is 11.4 Å². The molecule has 0 aliphatic heterocycles. The number of hydrogen-bond acceptors (Lipinski definition) is 2. The summed E-state index contributed by atoms with van der Waals surface area (Å²) in [5, 5.41) is 0. The van der Waals surface area contributed by atoms with Crippen LogP contribution < -0.4 is 0 Å². The van der Waals surface area contributed by atoms with Crippen LogP contribution in [-0.4, -0.2) is 27.9 Å². The molecule has 0 saturated carbocycles. The fourth-order valence-corrected chi connectivity index (χ4v) is 6.47. The molecule has 6 heteroatoms. The van der Waals surface area contributed by atoms with Crippen LogP contribution in [0.5, 0.6) is 0 Å².